The van der Waals surface area contributed by atoms with Gasteiger partial charge in [0.15, 0.2) is 0 Å². The minimum atomic E-state index is 0.378. The smallest absolute Gasteiger partial charge is 0.0593 e. The molecule has 1 unspecified atom stereocenters. The largest absolute Gasteiger partial charge is 0.380 e. The van der Waals surface area contributed by atoms with Crippen LogP contribution in [0.2, 0.25) is 5.02 Å². The van der Waals surface area contributed by atoms with Crippen molar-refractivity contribution in [2.75, 3.05) is 39.4 Å². The van der Waals surface area contributed by atoms with Gasteiger partial charge in [-0.1, -0.05) is 30.7 Å². The summed E-state index contributed by atoms with van der Waals surface area (Å²) in [7, 11) is 0. The van der Waals surface area contributed by atoms with Gasteiger partial charge in [-0.3, -0.25) is 0 Å². The topological polar surface area (TPSA) is 24.5 Å². The fourth-order valence-corrected chi connectivity index (χ4v) is 2.89. The molecule has 1 aromatic carbocycles. The third kappa shape index (κ3) is 5.06. The van der Waals surface area contributed by atoms with Gasteiger partial charge in [0.1, 0.15) is 0 Å². The summed E-state index contributed by atoms with van der Waals surface area (Å²) in [5.74, 6) is 0. The molecule has 1 saturated heterocycles. The predicted molar refractivity (Wildman–Crippen MR) is 84.4 cm³/mol. The van der Waals surface area contributed by atoms with Crippen molar-refractivity contribution in [3.05, 3.63) is 34.9 Å². The lowest BCUT2D eigenvalue weighted by Gasteiger charge is -2.24. The van der Waals surface area contributed by atoms with Crippen LogP contribution in [-0.2, 0) is 4.74 Å². The standard InChI is InChI=1S/C16H25ClN2O/c1-2-18-16(14-5-3-6-15(17)13-14)7-9-19-8-4-11-20-12-10-19/h3,5-6,13,16,18H,2,4,7-12H2,1H3. The minimum absolute atomic E-state index is 0.378. The second kappa shape index (κ2) is 8.63. The maximum atomic E-state index is 6.10. The van der Waals surface area contributed by atoms with Crippen LogP contribution >= 0.6 is 11.6 Å². The van der Waals surface area contributed by atoms with Gasteiger partial charge in [0.2, 0.25) is 0 Å². The van der Waals surface area contributed by atoms with Crippen LogP contribution < -0.4 is 5.32 Å². The number of nitrogens with one attached hydrogen (secondary N) is 1. The van der Waals surface area contributed by atoms with Crippen LogP contribution in [0.4, 0.5) is 0 Å². The molecule has 1 aliphatic rings. The molecule has 0 radical (unpaired) electrons. The van der Waals surface area contributed by atoms with Gasteiger partial charge in [-0.2, -0.15) is 0 Å². The van der Waals surface area contributed by atoms with E-state index in [0.29, 0.717) is 6.04 Å². The number of hydrogen-bond donors (Lipinski definition) is 1. The van der Waals surface area contributed by atoms with E-state index >= 15 is 0 Å². The van der Waals surface area contributed by atoms with Crippen LogP contribution in [0.1, 0.15) is 31.4 Å². The van der Waals surface area contributed by atoms with Crippen molar-refractivity contribution < 1.29 is 4.74 Å². The first-order valence-electron chi connectivity index (χ1n) is 7.58. The third-order valence-corrected chi connectivity index (χ3v) is 3.99. The average molecular weight is 297 g/mol. The van der Waals surface area contributed by atoms with Crippen LogP contribution in [0, 0.1) is 0 Å². The Morgan fingerprint density at radius 2 is 2.25 bits per heavy atom. The fraction of sp³-hybridized carbons (Fsp3) is 0.625. The molecular formula is C16H25ClN2O. The van der Waals surface area contributed by atoms with Gasteiger partial charge in [0.05, 0.1) is 6.61 Å². The van der Waals surface area contributed by atoms with E-state index in [1.54, 1.807) is 0 Å². The Balaban J connectivity index is 1.91. The molecule has 0 spiro atoms. The Hall–Kier alpha value is -0.610. The maximum absolute atomic E-state index is 6.10. The first kappa shape index (κ1) is 15.8. The molecule has 1 N–H and O–H groups in total. The van der Waals surface area contributed by atoms with Gasteiger partial charge in [-0.15, -0.1) is 0 Å². The highest BCUT2D eigenvalue weighted by Gasteiger charge is 2.14. The summed E-state index contributed by atoms with van der Waals surface area (Å²) in [5, 5.41) is 4.38. The third-order valence-electron chi connectivity index (χ3n) is 3.75. The maximum Gasteiger partial charge on any atom is 0.0593 e. The Morgan fingerprint density at radius 3 is 3.05 bits per heavy atom. The molecule has 0 amide bonds. The molecule has 20 heavy (non-hydrogen) atoms. The molecule has 0 aromatic heterocycles. The average Bonchev–Trinajstić information content (AvgIpc) is 2.72. The summed E-state index contributed by atoms with van der Waals surface area (Å²) in [6.45, 7) is 8.19. The first-order valence-corrected chi connectivity index (χ1v) is 7.96. The van der Waals surface area contributed by atoms with Crippen molar-refractivity contribution in [1.82, 2.24) is 10.2 Å². The molecule has 1 atom stereocenters. The Kier molecular flexibility index (Phi) is 6.80. The van der Waals surface area contributed by atoms with E-state index in [1.165, 1.54) is 5.56 Å². The molecule has 1 aliphatic heterocycles. The normalized spacial score (nSPS) is 18.7. The summed E-state index contributed by atoms with van der Waals surface area (Å²) in [4.78, 5) is 2.50. The van der Waals surface area contributed by atoms with E-state index in [4.69, 9.17) is 16.3 Å². The van der Waals surface area contributed by atoms with Crippen molar-refractivity contribution in [1.29, 1.82) is 0 Å². The van der Waals surface area contributed by atoms with Gasteiger partial charge < -0.3 is 15.0 Å². The van der Waals surface area contributed by atoms with E-state index in [2.05, 4.69) is 29.3 Å². The molecule has 2 rings (SSSR count). The second-order valence-corrected chi connectivity index (χ2v) is 5.70. The zero-order valence-corrected chi connectivity index (χ0v) is 13.0. The lowest BCUT2D eigenvalue weighted by Crippen LogP contribution is -2.31. The van der Waals surface area contributed by atoms with Gasteiger partial charge in [0, 0.05) is 37.3 Å². The molecule has 0 bridgehead atoms. The molecule has 1 fully saturated rings. The van der Waals surface area contributed by atoms with Crippen LogP contribution in [0.3, 0.4) is 0 Å². The van der Waals surface area contributed by atoms with Crippen LogP contribution in [0.5, 0.6) is 0 Å². The van der Waals surface area contributed by atoms with Crippen molar-refractivity contribution in [3.8, 4) is 0 Å². The van der Waals surface area contributed by atoms with Gasteiger partial charge in [-0.25, -0.2) is 0 Å². The van der Waals surface area contributed by atoms with E-state index in [1.807, 2.05) is 12.1 Å². The van der Waals surface area contributed by atoms with Crippen LogP contribution in [0.25, 0.3) is 0 Å². The molecule has 0 saturated carbocycles. The molecule has 112 valence electrons. The number of nitrogens with zero attached hydrogens (tertiary/aromatic N) is 1. The zero-order valence-electron chi connectivity index (χ0n) is 12.3. The highest BCUT2D eigenvalue weighted by molar-refractivity contribution is 6.30. The quantitative estimate of drug-likeness (QED) is 0.873. The summed E-state index contributed by atoms with van der Waals surface area (Å²) >= 11 is 6.10. The Labute approximate surface area is 127 Å². The lowest BCUT2D eigenvalue weighted by molar-refractivity contribution is 0.140. The number of rotatable bonds is 6. The SMILES string of the molecule is CCNC(CCN1CCCOCC1)c1cccc(Cl)c1. The summed E-state index contributed by atoms with van der Waals surface area (Å²) in [6.07, 6.45) is 2.25. The van der Waals surface area contributed by atoms with Crippen molar-refractivity contribution in [2.24, 2.45) is 0 Å². The molecule has 1 aromatic rings. The lowest BCUT2D eigenvalue weighted by atomic mass is 10.0. The molecule has 0 aliphatic carbocycles. The van der Waals surface area contributed by atoms with Crippen molar-refractivity contribution >= 4 is 11.6 Å². The number of halogens is 1. The zero-order chi connectivity index (χ0) is 14.2. The highest BCUT2D eigenvalue weighted by atomic mass is 35.5. The van der Waals surface area contributed by atoms with E-state index in [9.17, 15) is 0 Å². The van der Waals surface area contributed by atoms with Gasteiger partial charge in [0.25, 0.3) is 0 Å². The molecule has 3 nitrogen and oxygen atoms in total. The number of hydrogen-bond acceptors (Lipinski definition) is 3. The van der Waals surface area contributed by atoms with Crippen LogP contribution in [0.15, 0.2) is 24.3 Å². The van der Waals surface area contributed by atoms with Crippen molar-refractivity contribution in [2.45, 2.75) is 25.8 Å². The Morgan fingerprint density at radius 1 is 1.35 bits per heavy atom. The Bertz CT molecular complexity index is 392. The number of benzene rings is 1. The van der Waals surface area contributed by atoms with E-state index < -0.39 is 0 Å². The van der Waals surface area contributed by atoms with E-state index in [0.717, 1.165) is 57.3 Å². The second-order valence-electron chi connectivity index (χ2n) is 5.26. The summed E-state index contributed by atoms with van der Waals surface area (Å²) in [5.41, 5.74) is 1.28. The molecular weight excluding hydrogens is 272 g/mol. The predicted octanol–water partition coefficient (Wildman–Crippen LogP) is 3.10. The van der Waals surface area contributed by atoms with Crippen molar-refractivity contribution in [3.63, 3.8) is 0 Å². The fourth-order valence-electron chi connectivity index (χ4n) is 2.69. The highest BCUT2D eigenvalue weighted by Crippen LogP contribution is 2.21. The molecule has 1 heterocycles. The molecule has 4 heteroatoms. The minimum Gasteiger partial charge on any atom is -0.380 e. The first-order chi connectivity index (χ1) is 9.79. The summed E-state index contributed by atoms with van der Waals surface area (Å²) < 4.78 is 5.50. The number of ether oxygens (including phenoxy) is 1. The van der Waals surface area contributed by atoms with E-state index in [-0.39, 0.29) is 0 Å². The van der Waals surface area contributed by atoms with Gasteiger partial charge >= 0.3 is 0 Å². The van der Waals surface area contributed by atoms with Gasteiger partial charge in [-0.05, 0) is 37.1 Å². The summed E-state index contributed by atoms with van der Waals surface area (Å²) in [6, 6.07) is 8.57. The van der Waals surface area contributed by atoms with Crippen LogP contribution in [-0.4, -0.2) is 44.3 Å². The monoisotopic (exact) mass is 296 g/mol.